The van der Waals surface area contributed by atoms with Crippen LogP contribution in [0, 0.1) is 25.5 Å². The summed E-state index contributed by atoms with van der Waals surface area (Å²) in [6.45, 7) is 3.60. The molecule has 2 N–H and O–H groups in total. The summed E-state index contributed by atoms with van der Waals surface area (Å²) in [5.74, 6) is -1.54. The average Bonchev–Trinajstić information content (AvgIpc) is 2.97. The van der Waals surface area contributed by atoms with E-state index in [4.69, 9.17) is 0 Å². The zero-order valence-corrected chi connectivity index (χ0v) is 16.0. The van der Waals surface area contributed by atoms with Gasteiger partial charge in [-0.05, 0) is 55.8 Å². The molecule has 0 spiro atoms. The van der Waals surface area contributed by atoms with E-state index in [1.54, 1.807) is 23.7 Å². The van der Waals surface area contributed by atoms with Gasteiger partial charge in [0.1, 0.15) is 11.6 Å². The summed E-state index contributed by atoms with van der Waals surface area (Å²) in [5, 5.41) is 4.42. The number of hydrogen-bond donors (Lipinski definition) is 2. The number of rotatable bonds is 5. The zero-order chi connectivity index (χ0) is 21.0. The van der Waals surface area contributed by atoms with E-state index in [9.17, 15) is 18.4 Å². The molecule has 0 atom stereocenters. The molecule has 8 heteroatoms. The third-order valence-corrected chi connectivity index (χ3v) is 4.47. The summed E-state index contributed by atoms with van der Waals surface area (Å²) in [4.78, 5) is 24.2. The third-order valence-electron chi connectivity index (χ3n) is 4.47. The van der Waals surface area contributed by atoms with Gasteiger partial charge < -0.3 is 0 Å². The van der Waals surface area contributed by atoms with Crippen LogP contribution in [0.1, 0.15) is 22.5 Å². The van der Waals surface area contributed by atoms with E-state index in [0.717, 1.165) is 11.3 Å². The number of aromatic nitrogens is 2. The SMILES string of the molecule is Cc1nn(-c2ccc(F)cc2)c(C)c1CC(=O)NNC(=O)Cc1ccc(F)cc1. The second-order valence-electron chi connectivity index (χ2n) is 6.61. The summed E-state index contributed by atoms with van der Waals surface area (Å²) in [5.41, 5.74) is 8.18. The van der Waals surface area contributed by atoms with Crippen LogP contribution in [0.3, 0.4) is 0 Å². The molecule has 6 nitrogen and oxygen atoms in total. The van der Waals surface area contributed by atoms with Crippen molar-refractivity contribution in [3.05, 3.63) is 82.7 Å². The van der Waals surface area contributed by atoms with Crippen LogP contribution in [0.4, 0.5) is 8.78 Å². The molecule has 0 unspecified atom stereocenters. The fourth-order valence-electron chi connectivity index (χ4n) is 2.94. The highest BCUT2D eigenvalue weighted by Crippen LogP contribution is 2.18. The van der Waals surface area contributed by atoms with Crippen molar-refractivity contribution < 1.29 is 18.4 Å². The van der Waals surface area contributed by atoms with Crippen molar-refractivity contribution in [3.8, 4) is 5.69 Å². The first kappa shape index (κ1) is 20.2. The van der Waals surface area contributed by atoms with Crippen molar-refractivity contribution in [3.63, 3.8) is 0 Å². The molecule has 29 heavy (non-hydrogen) atoms. The van der Waals surface area contributed by atoms with E-state index < -0.39 is 11.8 Å². The molecule has 150 valence electrons. The molecule has 2 aromatic carbocycles. The second kappa shape index (κ2) is 8.64. The number of carbonyl (C=O) groups is 2. The summed E-state index contributed by atoms with van der Waals surface area (Å²) in [6, 6.07) is 11.4. The highest BCUT2D eigenvalue weighted by Gasteiger charge is 2.16. The van der Waals surface area contributed by atoms with Gasteiger partial charge in [-0.25, -0.2) is 13.5 Å². The van der Waals surface area contributed by atoms with Gasteiger partial charge in [-0.1, -0.05) is 12.1 Å². The molecular formula is C21H20F2N4O2. The number of aryl methyl sites for hydroxylation is 1. The third kappa shape index (κ3) is 5.04. The predicted molar refractivity (Wildman–Crippen MR) is 103 cm³/mol. The molecule has 1 aromatic heterocycles. The van der Waals surface area contributed by atoms with E-state index in [1.165, 1.54) is 36.4 Å². The Labute approximate surface area is 166 Å². The second-order valence-corrected chi connectivity index (χ2v) is 6.61. The van der Waals surface area contributed by atoms with Crippen LogP contribution in [0.15, 0.2) is 48.5 Å². The molecule has 0 radical (unpaired) electrons. The Morgan fingerprint density at radius 1 is 0.862 bits per heavy atom. The van der Waals surface area contributed by atoms with E-state index >= 15 is 0 Å². The molecule has 3 rings (SSSR count). The lowest BCUT2D eigenvalue weighted by Crippen LogP contribution is -2.43. The minimum absolute atomic E-state index is 0.0150. The summed E-state index contributed by atoms with van der Waals surface area (Å²) in [7, 11) is 0. The molecule has 0 aliphatic rings. The maximum absolute atomic E-state index is 13.1. The van der Waals surface area contributed by atoms with Gasteiger partial charge in [0.05, 0.1) is 24.2 Å². The van der Waals surface area contributed by atoms with Gasteiger partial charge in [0.2, 0.25) is 11.8 Å². The van der Waals surface area contributed by atoms with Crippen molar-refractivity contribution in [1.82, 2.24) is 20.6 Å². The topological polar surface area (TPSA) is 76.0 Å². The average molecular weight is 398 g/mol. The number of halogens is 2. The van der Waals surface area contributed by atoms with Gasteiger partial charge >= 0.3 is 0 Å². The van der Waals surface area contributed by atoms with Crippen molar-refractivity contribution >= 4 is 11.8 Å². The first-order valence-corrected chi connectivity index (χ1v) is 8.96. The molecule has 1 heterocycles. The molecule has 0 bridgehead atoms. The molecule has 0 fully saturated rings. The van der Waals surface area contributed by atoms with Gasteiger partial charge in [0.25, 0.3) is 0 Å². The minimum atomic E-state index is -0.416. The largest absolute Gasteiger partial charge is 0.273 e. The van der Waals surface area contributed by atoms with Crippen LogP contribution in [0.25, 0.3) is 5.69 Å². The van der Waals surface area contributed by atoms with Crippen molar-refractivity contribution in [1.29, 1.82) is 0 Å². The smallest absolute Gasteiger partial charge is 0.242 e. The Bertz CT molecular complexity index is 1030. The van der Waals surface area contributed by atoms with Crippen LogP contribution < -0.4 is 10.9 Å². The molecular weight excluding hydrogens is 378 g/mol. The fourth-order valence-corrected chi connectivity index (χ4v) is 2.94. The Morgan fingerprint density at radius 2 is 1.38 bits per heavy atom. The molecule has 0 saturated carbocycles. The van der Waals surface area contributed by atoms with E-state index in [0.29, 0.717) is 16.9 Å². The Hall–Kier alpha value is -3.55. The summed E-state index contributed by atoms with van der Waals surface area (Å²) < 4.78 is 27.7. The lowest BCUT2D eigenvalue weighted by molar-refractivity contribution is -0.128. The quantitative estimate of drug-likeness (QED) is 0.649. The molecule has 0 aliphatic carbocycles. The molecule has 0 saturated heterocycles. The molecule has 3 aromatic rings. The Morgan fingerprint density at radius 3 is 1.97 bits per heavy atom. The monoisotopic (exact) mass is 398 g/mol. The number of hydrogen-bond acceptors (Lipinski definition) is 3. The van der Waals surface area contributed by atoms with Crippen LogP contribution in [-0.4, -0.2) is 21.6 Å². The van der Waals surface area contributed by atoms with Gasteiger partial charge in [0.15, 0.2) is 0 Å². The highest BCUT2D eigenvalue weighted by molar-refractivity contribution is 5.84. The number of nitrogens with one attached hydrogen (secondary N) is 2. The Balaban J connectivity index is 1.59. The van der Waals surface area contributed by atoms with Gasteiger partial charge in [-0.15, -0.1) is 0 Å². The summed E-state index contributed by atoms with van der Waals surface area (Å²) in [6.07, 6.45) is 0.0385. The summed E-state index contributed by atoms with van der Waals surface area (Å²) >= 11 is 0. The normalized spacial score (nSPS) is 10.6. The molecule has 2 amide bonds. The van der Waals surface area contributed by atoms with Crippen LogP contribution in [-0.2, 0) is 22.4 Å². The van der Waals surface area contributed by atoms with Crippen molar-refractivity contribution in [2.75, 3.05) is 0 Å². The standard InChI is InChI=1S/C21H20F2N4O2/c1-13-19(14(2)27(26-13)18-9-7-17(23)8-10-18)12-21(29)25-24-20(28)11-15-3-5-16(22)6-4-15/h3-10H,11-12H2,1-2H3,(H,24,28)(H,25,29). The highest BCUT2D eigenvalue weighted by atomic mass is 19.1. The number of hydrazine groups is 1. The van der Waals surface area contributed by atoms with Crippen LogP contribution in [0.2, 0.25) is 0 Å². The first-order valence-electron chi connectivity index (χ1n) is 8.96. The first-order chi connectivity index (χ1) is 13.8. The van der Waals surface area contributed by atoms with E-state index in [2.05, 4.69) is 16.0 Å². The van der Waals surface area contributed by atoms with E-state index in [1.807, 2.05) is 6.92 Å². The van der Waals surface area contributed by atoms with E-state index in [-0.39, 0.29) is 24.5 Å². The fraction of sp³-hybridized carbons (Fsp3) is 0.190. The Kier molecular flexibility index (Phi) is 6.01. The predicted octanol–water partition coefficient (Wildman–Crippen LogP) is 2.70. The molecule has 0 aliphatic heterocycles. The van der Waals surface area contributed by atoms with Crippen molar-refractivity contribution in [2.24, 2.45) is 0 Å². The van der Waals surface area contributed by atoms with Crippen molar-refractivity contribution in [2.45, 2.75) is 26.7 Å². The van der Waals surface area contributed by atoms with Gasteiger partial charge in [-0.3, -0.25) is 20.4 Å². The van der Waals surface area contributed by atoms with Crippen LogP contribution in [0.5, 0.6) is 0 Å². The lowest BCUT2D eigenvalue weighted by atomic mass is 10.1. The zero-order valence-electron chi connectivity index (χ0n) is 16.0. The minimum Gasteiger partial charge on any atom is -0.273 e. The number of nitrogens with zero attached hydrogens (tertiary/aromatic N) is 2. The van der Waals surface area contributed by atoms with Gasteiger partial charge in [0, 0.05) is 11.3 Å². The maximum Gasteiger partial charge on any atom is 0.242 e. The number of carbonyl (C=O) groups excluding carboxylic acids is 2. The number of benzene rings is 2. The van der Waals surface area contributed by atoms with Gasteiger partial charge in [-0.2, -0.15) is 5.10 Å². The maximum atomic E-state index is 13.1. The van der Waals surface area contributed by atoms with Crippen LogP contribution >= 0.6 is 0 Å². The number of amides is 2. The lowest BCUT2D eigenvalue weighted by Gasteiger charge is -2.08.